The third-order valence-electron chi connectivity index (χ3n) is 6.04. The van der Waals surface area contributed by atoms with Crippen LogP contribution in [0.15, 0.2) is 24.3 Å². The van der Waals surface area contributed by atoms with E-state index < -0.39 is 0 Å². The highest BCUT2D eigenvalue weighted by atomic mass is 14.9. The Morgan fingerprint density at radius 2 is 1.60 bits per heavy atom. The molecule has 0 atom stereocenters. The van der Waals surface area contributed by atoms with Crippen molar-refractivity contribution >= 4 is 5.69 Å². The molecule has 5 rings (SSSR count). The topological polar surface area (TPSA) is 38.0 Å². The normalized spacial score (nSPS) is 38.3. The molecule has 0 aromatic heterocycles. The van der Waals surface area contributed by atoms with Crippen LogP contribution in [-0.4, -0.2) is 6.54 Å². The lowest BCUT2D eigenvalue weighted by Gasteiger charge is -2.57. The van der Waals surface area contributed by atoms with E-state index in [-0.39, 0.29) is 0 Å². The quantitative estimate of drug-likeness (QED) is 0.821. The molecule has 4 aliphatic rings. The molecule has 0 aliphatic heterocycles. The average molecular weight is 270 g/mol. The Morgan fingerprint density at radius 3 is 2.20 bits per heavy atom. The molecular weight excluding hydrogens is 244 g/mol. The molecule has 0 heterocycles. The summed E-state index contributed by atoms with van der Waals surface area (Å²) in [4.78, 5) is 0. The van der Waals surface area contributed by atoms with Gasteiger partial charge in [-0.3, -0.25) is 0 Å². The zero-order valence-corrected chi connectivity index (χ0v) is 12.3. The summed E-state index contributed by atoms with van der Waals surface area (Å²) in [5.41, 5.74) is 8.82. The minimum atomic E-state index is 0.623. The van der Waals surface area contributed by atoms with Crippen molar-refractivity contribution in [2.45, 2.75) is 45.1 Å². The maximum absolute atomic E-state index is 6.03. The van der Waals surface area contributed by atoms with Crippen LogP contribution < -0.4 is 11.1 Å². The molecule has 0 unspecified atom stereocenters. The van der Waals surface area contributed by atoms with Gasteiger partial charge in [0.1, 0.15) is 0 Å². The molecule has 2 heteroatoms. The van der Waals surface area contributed by atoms with Crippen molar-refractivity contribution in [3.63, 3.8) is 0 Å². The molecule has 1 aromatic carbocycles. The van der Waals surface area contributed by atoms with E-state index in [0.29, 0.717) is 5.41 Å². The molecule has 1 aromatic rings. The molecule has 0 amide bonds. The van der Waals surface area contributed by atoms with Gasteiger partial charge in [-0.1, -0.05) is 18.2 Å². The van der Waals surface area contributed by atoms with Crippen LogP contribution in [0.25, 0.3) is 0 Å². The van der Waals surface area contributed by atoms with Crippen molar-refractivity contribution in [2.24, 2.45) is 23.2 Å². The first-order valence-corrected chi connectivity index (χ1v) is 8.27. The molecule has 3 N–H and O–H groups in total. The number of para-hydroxylation sites is 1. The molecular formula is C18H26N2. The lowest BCUT2D eigenvalue weighted by molar-refractivity contribution is -0.0514. The second kappa shape index (κ2) is 4.77. The lowest BCUT2D eigenvalue weighted by Crippen LogP contribution is -2.50. The molecule has 4 saturated carbocycles. The summed E-state index contributed by atoms with van der Waals surface area (Å²) in [7, 11) is 0. The fourth-order valence-electron chi connectivity index (χ4n) is 5.66. The number of nitrogens with one attached hydrogen (secondary N) is 1. The standard InChI is InChI=1S/C18H26N2/c19-17-4-2-1-3-16(17)11-20-12-18-8-13-5-14(9-18)7-15(6-13)10-18/h1-4,13-15,20H,5-12,19H2. The number of benzene rings is 1. The first-order valence-electron chi connectivity index (χ1n) is 8.27. The average Bonchev–Trinajstić information content (AvgIpc) is 2.39. The predicted octanol–water partition coefficient (Wildman–Crippen LogP) is 3.57. The van der Waals surface area contributed by atoms with Crippen molar-refractivity contribution < 1.29 is 0 Å². The van der Waals surface area contributed by atoms with Gasteiger partial charge in [0.15, 0.2) is 0 Å². The van der Waals surface area contributed by atoms with Crippen LogP contribution >= 0.6 is 0 Å². The van der Waals surface area contributed by atoms with Gasteiger partial charge in [-0.15, -0.1) is 0 Å². The van der Waals surface area contributed by atoms with E-state index in [1.165, 1.54) is 50.6 Å². The molecule has 0 spiro atoms. The summed E-state index contributed by atoms with van der Waals surface area (Å²) in [6, 6.07) is 8.24. The van der Waals surface area contributed by atoms with Crippen molar-refractivity contribution in [3.05, 3.63) is 29.8 Å². The summed E-state index contributed by atoms with van der Waals surface area (Å²) < 4.78 is 0. The van der Waals surface area contributed by atoms with E-state index in [1.807, 2.05) is 12.1 Å². The summed E-state index contributed by atoms with van der Waals surface area (Å²) >= 11 is 0. The zero-order chi connectivity index (χ0) is 13.6. The molecule has 2 nitrogen and oxygen atoms in total. The molecule has 4 fully saturated rings. The van der Waals surface area contributed by atoms with E-state index in [2.05, 4.69) is 17.4 Å². The summed E-state index contributed by atoms with van der Waals surface area (Å²) in [6.45, 7) is 2.12. The second-order valence-electron chi connectivity index (χ2n) is 7.72. The SMILES string of the molecule is Nc1ccccc1CNCC12CC3CC(CC(C3)C1)C2. The third kappa shape index (κ3) is 2.24. The van der Waals surface area contributed by atoms with Gasteiger partial charge in [0, 0.05) is 18.8 Å². The number of hydrogen-bond donors (Lipinski definition) is 2. The van der Waals surface area contributed by atoms with E-state index in [4.69, 9.17) is 5.73 Å². The Bertz CT molecular complexity index is 459. The van der Waals surface area contributed by atoms with Gasteiger partial charge in [0.05, 0.1) is 0 Å². The number of nitrogen functional groups attached to an aromatic ring is 1. The minimum Gasteiger partial charge on any atom is -0.398 e. The van der Waals surface area contributed by atoms with Gasteiger partial charge < -0.3 is 11.1 Å². The highest BCUT2D eigenvalue weighted by Crippen LogP contribution is 2.59. The number of hydrogen-bond acceptors (Lipinski definition) is 2. The third-order valence-corrected chi connectivity index (χ3v) is 6.04. The summed E-state index contributed by atoms with van der Waals surface area (Å²) in [6.07, 6.45) is 9.05. The molecule has 0 saturated heterocycles. The van der Waals surface area contributed by atoms with Crippen LogP contribution in [0.3, 0.4) is 0 Å². The summed E-state index contributed by atoms with van der Waals surface area (Å²) in [5, 5.41) is 3.72. The van der Waals surface area contributed by atoms with E-state index in [9.17, 15) is 0 Å². The van der Waals surface area contributed by atoms with Crippen LogP contribution in [0, 0.1) is 23.2 Å². The number of rotatable bonds is 4. The van der Waals surface area contributed by atoms with E-state index >= 15 is 0 Å². The van der Waals surface area contributed by atoms with Crippen molar-refractivity contribution in [3.8, 4) is 0 Å². The second-order valence-corrected chi connectivity index (χ2v) is 7.72. The largest absolute Gasteiger partial charge is 0.398 e. The lowest BCUT2D eigenvalue weighted by atomic mass is 9.49. The van der Waals surface area contributed by atoms with Gasteiger partial charge >= 0.3 is 0 Å². The highest BCUT2D eigenvalue weighted by molar-refractivity contribution is 5.46. The maximum Gasteiger partial charge on any atom is 0.0359 e. The molecule has 0 radical (unpaired) electrons. The Labute approximate surface area is 122 Å². The monoisotopic (exact) mass is 270 g/mol. The minimum absolute atomic E-state index is 0.623. The molecule has 4 bridgehead atoms. The predicted molar refractivity (Wildman–Crippen MR) is 83.2 cm³/mol. The fourth-order valence-corrected chi connectivity index (χ4v) is 5.66. The first kappa shape index (κ1) is 12.7. The van der Waals surface area contributed by atoms with Gasteiger partial charge in [0.25, 0.3) is 0 Å². The zero-order valence-electron chi connectivity index (χ0n) is 12.3. The van der Waals surface area contributed by atoms with E-state index in [0.717, 1.165) is 30.0 Å². The van der Waals surface area contributed by atoms with Crippen molar-refractivity contribution in [2.75, 3.05) is 12.3 Å². The highest BCUT2D eigenvalue weighted by Gasteiger charge is 2.50. The van der Waals surface area contributed by atoms with Crippen molar-refractivity contribution in [1.29, 1.82) is 0 Å². The Kier molecular flexibility index (Phi) is 3.03. The van der Waals surface area contributed by atoms with Crippen LogP contribution in [0.1, 0.15) is 44.1 Å². The van der Waals surface area contributed by atoms with Crippen LogP contribution in [0.2, 0.25) is 0 Å². The number of anilines is 1. The van der Waals surface area contributed by atoms with Crippen molar-refractivity contribution in [1.82, 2.24) is 5.32 Å². The Hall–Kier alpha value is -1.02. The Balaban J connectivity index is 1.39. The fraction of sp³-hybridized carbons (Fsp3) is 0.667. The van der Waals surface area contributed by atoms with E-state index in [1.54, 1.807) is 0 Å². The molecule has 4 aliphatic carbocycles. The number of nitrogens with two attached hydrogens (primary N) is 1. The van der Waals surface area contributed by atoms with Gasteiger partial charge in [-0.2, -0.15) is 0 Å². The summed E-state index contributed by atoms with van der Waals surface area (Å²) in [5.74, 6) is 3.14. The molecule has 20 heavy (non-hydrogen) atoms. The van der Waals surface area contributed by atoms with Crippen LogP contribution in [0.5, 0.6) is 0 Å². The maximum atomic E-state index is 6.03. The van der Waals surface area contributed by atoms with Gasteiger partial charge in [0.2, 0.25) is 0 Å². The van der Waals surface area contributed by atoms with Crippen LogP contribution in [0.4, 0.5) is 5.69 Å². The van der Waals surface area contributed by atoms with Gasteiger partial charge in [-0.05, 0) is 73.3 Å². The molecule has 108 valence electrons. The van der Waals surface area contributed by atoms with Gasteiger partial charge in [-0.25, -0.2) is 0 Å². The smallest absolute Gasteiger partial charge is 0.0359 e. The first-order chi connectivity index (χ1) is 9.72. The van der Waals surface area contributed by atoms with Crippen LogP contribution in [-0.2, 0) is 6.54 Å². The Morgan fingerprint density at radius 1 is 1.00 bits per heavy atom.